The normalized spacial score (nSPS) is 18.8. The molecule has 2 rings (SSSR count). The van der Waals surface area contributed by atoms with Gasteiger partial charge in [-0.05, 0) is 59.5 Å². The van der Waals surface area contributed by atoms with Crippen molar-refractivity contribution in [3.8, 4) is 0 Å². The standard InChI is InChI=1S/C15H21IOS/c16-13-8-6-12(7-9-13)10-14(17)11-18-15-4-2-1-3-5-15/h6-9,14-15,17H,1-5,10-11H2. The zero-order valence-corrected chi connectivity index (χ0v) is 13.6. The second kappa shape index (κ2) is 7.75. The monoisotopic (exact) mass is 376 g/mol. The summed E-state index contributed by atoms with van der Waals surface area (Å²) in [7, 11) is 0. The Morgan fingerprint density at radius 3 is 2.50 bits per heavy atom. The minimum Gasteiger partial charge on any atom is -0.392 e. The number of halogens is 1. The van der Waals surface area contributed by atoms with Gasteiger partial charge in [0.15, 0.2) is 0 Å². The fraction of sp³-hybridized carbons (Fsp3) is 0.600. The third-order valence-corrected chi connectivity index (χ3v) is 5.70. The molecule has 1 aromatic carbocycles. The Labute approximate surface area is 128 Å². The lowest BCUT2D eigenvalue weighted by atomic mass is 10.0. The van der Waals surface area contributed by atoms with E-state index < -0.39 is 0 Å². The average molecular weight is 376 g/mol. The van der Waals surface area contributed by atoms with E-state index in [1.807, 2.05) is 11.8 Å². The van der Waals surface area contributed by atoms with Gasteiger partial charge < -0.3 is 5.11 Å². The quantitative estimate of drug-likeness (QED) is 0.775. The van der Waals surface area contributed by atoms with E-state index in [0.29, 0.717) is 0 Å². The molecule has 1 saturated carbocycles. The van der Waals surface area contributed by atoms with E-state index in [4.69, 9.17) is 0 Å². The number of hydrogen-bond acceptors (Lipinski definition) is 2. The molecule has 0 saturated heterocycles. The third kappa shape index (κ3) is 5.10. The van der Waals surface area contributed by atoms with Crippen LogP contribution in [0.4, 0.5) is 0 Å². The lowest BCUT2D eigenvalue weighted by Gasteiger charge is -2.22. The molecule has 1 nitrogen and oxygen atoms in total. The summed E-state index contributed by atoms with van der Waals surface area (Å²) in [5.74, 6) is 0.886. The molecular weight excluding hydrogens is 355 g/mol. The first-order valence-corrected chi connectivity index (χ1v) is 8.91. The molecule has 0 aromatic heterocycles. The van der Waals surface area contributed by atoms with E-state index in [0.717, 1.165) is 17.4 Å². The smallest absolute Gasteiger partial charge is 0.0670 e. The van der Waals surface area contributed by atoms with Crippen LogP contribution < -0.4 is 0 Å². The number of hydrogen-bond donors (Lipinski definition) is 1. The Morgan fingerprint density at radius 1 is 1.17 bits per heavy atom. The first-order valence-electron chi connectivity index (χ1n) is 6.78. The maximum absolute atomic E-state index is 10.1. The van der Waals surface area contributed by atoms with Crippen LogP contribution in [-0.4, -0.2) is 22.2 Å². The van der Waals surface area contributed by atoms with Gasteiger partial charge in [0.2, 0.25) is 0 Å². The molecule has 100 valence electrons. The van der Waals surface area contributed by atoms with Gasteiger partial charge >= 0.3 is 0 Å². The summed E-state index contributed by atoms with van der Waals surface area (Å²) in [5, 5.41) is 10.9. The molecule has 1 fully saturated rings. The van der Waals surface area contributed by atoms with Crippen LogP contribution >= 0.6 is 34.4 Å². The Kier molecular flexibility index (Phi) is 6.32. The Balaban J connectivity index is 1.71. The van der Waals surface area contributed by atoms with Crippen molar-refractivity contribution in [2.75, 3.05) is 5.75 Å². The molecular formula is C15H21IOS. The zero-order valence-electron chi connectivity index (χ0n) is 10.6. The van der Waals surface area contributed by atoms with E-state index in [1.54, 1.807) is 0 Å². The summed E-state index contributed by atoms with van der Waals surface area (Å²) in [4.78, 5) is 0. The molecule has 0 aliphatic heterocycles. The van der Waals surface area contributed by atoms with Crippen molar-refractivity contribution in [1.29, 1.82) is 0 Å². The highest BCUT2D eigenvalue weighted by atomic mass is 127. The van der Waals surface area contributed by atoms with Crippen LogP contribution in [0, 0.1) is 3.57 Å². The third-order valence-electron chi connectivity index (χ3n) is 3.46. The highest BCUT2D eigenvalue weighted by molar-refractivity contribution is 14.1. The van der Waals surface area contributed by atoms with Crippen LogP contribution in [-0.2, 0) is 6.42 Å². The number of aliphatic hydroxyl groups is 1. The van der Waals surface area contributed by atoms with Crippen LogP contribution in [0.1, 0.15) is 37.7 Å². The van der Waals surface area contributed by atoms with E-state index in [1.165, 1.54) is 41.2 Å². The van der Waals surface area contributed by atoms with Crippen LogP contribution in [0.25, 0.3) is 0 Å². The van der Waals surface area contributed by atoms with Crippen molar-refractivity contribution in [3.63, 3.8) is 0 Å². The van der Waals surface area contributed by atoms with E-state index in [9.17, 15) is 5.11 Å². The minimum atomic E-state index is -0.197. The fourth-order valence-corrected chi connectivity index (χ4v) is 4.07. The molecule has 0 radical (unpaired) electrons. The average Bonchev–Trinajstić information content (AvgIpc) is 2.40. The Morgan fingerprint density at radius 2 is 1.83 bits per heavy atom. The fourth-order valence-electron chi connectivity index (χ4n) is 2.43. The molecule has 18 heavy (non-hydrogen) atoms. The first kappa shape index (κ1) is 14.7. The molecule has 1 unspecified atom stereocenters. The molecule has 0 amide bonds. The maximum atomic E-state index is 10.1. The molecule has 0 bridgehead atoms. The first-order chi connectivity index (χ1) is 8.74. The molecule has 0 heterocycles. The second-order valence-electron chi connectivity index (χ2n) is 5.08. The number of benzene rings is 1. The van der Waals surface area contributed by atoms with Gasteiger partial charge in [0.05, 0.1) is 6.10 Å². The molecule has 1 aliphatic carbocycles. The van der Waals surface area contributed by atoms with Gasteiger partial charge in [-0.25, -0.2) is 0 Å². The van der Waals surface area contributed by atoms with Crippen molar-refractivity contribution in [2.24, 2.45) is 0 Å². The lowest BCUT2D eigenvalue weighted by molar-refractivity contribution is 0.200. The SMILES string of the molecule is OC(CSC1CCCCC1)Cc1ccc(I)cc1. The Bertz CT molecular complexity index is 346. The van der Waals surface area contributed by atoms with Gasteiger partial charge in [0.25, 0.3) is 0 Å². The van der Waals surface area contributed by atoms with Crippen molar-refractivity contribution >= 4 is 34.4 Å². The maximum Gasteiger partial charge on any atom is 0.0670 e. The van der Waals surface area contributed by atoms with Crippen molar-refractivity contribution in [3.05, 3.63) is 33.4 Å². The van der Waals surface area contributed by atoms with E-state index >= 15 is 0 Å². The zero-order chi connectivity index (χ0) is 12.8. The predicted octanol–water partition coefficient (Wildman–Crippen LogP) is 4.26. The van der Waals surface area contributed by atoms with Crippen LogP contribution in [0.2, 0.25) is 0 Å². The van der Waals surface area contributed by atoms with Crippen molar-refractivity contribution in [1.82, 2.24) is 0 Å². The lowest BCUT2D eigenvalue weighted by Crippen LogP contribution is -2.17. The van der Waals surface area contributed by atoms with Crippen molar-refractivity contribution < 1.29 is 5.11 Å². The second-order valence-corrected chi connectivity index (χ2v) is 7.66. The van der Waals surface area contributed by atoms with E-state index in [2.05, 4.69) is 46.9 Å². The molecule has 1 atom stereocenters. The van der Waals surface area contributed by atoms with Crippen LogP contribution in [0.3, 0.4) is 0 Å². The Hall–Kier alpha value is 0.260. The largest absolute Gasteiger partial charge is 0.392 e. The summed E-state index contributed by atoms with van der Waals surface area (Å²) >= 11 is 4.29. The highest BCUT2D eigenvalue weighted by Gasteiger charge is 2.15. The number of aliphatic hydroxyl groups excluding tert-OH is 1. The topological polar surface area (TPSA) is 20.2 Å². The predicted molar refractivity (Wildman–Crippen MR) is 88.2 cm³/mol. The van der Waals surface area contributed by atoms with Crippen molar-refractivity contribution in [2.45, 2.75) is 49.9 Å². The number of rotatable bonds is 5. The van der Waals surface area contributed by atoms with Gasteiger partial charge in [0, 0.05) is 14.6 Å². The van der Waals surface area contributed by atoms with Crippen LogP contribution in [0.5, 0.6) is 0 Å². The number of thioether (sulfide) groups is 1. The van der Waals surface area contributed by atoms with Gasteiger partial charge in [-0.15, -0.1) is 0 Å². The molecule has 1 aromatic rings. The molecule has 1 N–H and O–H groups in total. The summed E-state index contributed by atoms with van der Waals surface area (Å²) in [5.41, 5.74) is 1.24. The summed E-state index contributed by atoms with van der Waals surface area (Å²) < 4.78 is 1.25. The van der Waals surface area contributed by atoms with Gasteiger partial charge in [0.1, 0.15) is 0 Å². The summed E-state index contributed by atoms with van der Waals surface area (Å²) in [6.45, 7) is 0. The van der Waals surface area contributed by atoms with Gasteiger partial charge in [-0.3, -0.25) is 0 Å². The summed E-state index contributed by atoms with van der Waals surface area (Å²) in [6.07, 6.45) is 7.45. The molecule has 3 heteroatoms. The summed E-state index contributed by atoms with van der Waals surface area (Å²) in [6, 6.07) is 8.46. The van der Waals surface area contributed by atoms with Gasteiger partial charge in [-0.2, -0.15) is 11.8 Å². The molecule has 1 aliphatic rings. The molecule has 0 spiro atoms. The van der Waals surface area contributed by atoms with E-state index in [-0.39, 0.29) is 6.10 Å². The highest BCUT2D eigenvalue weighted by Crippen LogP contribution is 2.28. The van der Waals surface area contributed by atoms with Crippen LogP contribution in [0.15, 0.2) is 24.3 Å². The van der Waals surface area contributed by atoms with Gasteiger partial charge in [-0.1, -0.05) is 31.4 Å². The minimum absolute atomic E-state index is 0.197.